The summed E-state index contributed by atoms with van der Waals surface area (Å²) in [6.45, 7) is 4.24. The fourth-order valence-electron chi connectivity index (χ4n) is 5.06. The number of anilines is 1. The number of allylic oxidation sites excluding steroid dienone is 2. The molecule has 12 heteroatoms. The van der Waals surface area contributed by atoms with E-state index in [0.29, 0.717) is 37.4 Å². The van der Waals surface area contributed by atoms with Gasteiger partial charge in [0, 0.05) is 30.4 Å². The largest absolute Gasteiger partial charge is 0.416 e. The van der Waals surface area contributed by atoms with Gasteiger partial charge in [0.1, 0.15) is 12.0 Å². The van der Waals surface area contributed by atoms with Crippen molar-refractivity contribution in [3.05, 3.63) is 76.5 Å². The zero-order valence-corrected chi connectivity index (χ0v) is 22.2. The summed E-state index contributed by atoms with van der Waals surface area (Å²) in [6.07, 6.45) is -4.69. The number of halogens is 3. The van der Waals surface area contributed by atoms with Gasteiger partial charge in [0.2, 0.25) is 17.7 Å². The summed E-state index contributed by atoms with van der Waals surface area (Å²) in [4.78, 5) is 43.2. The Morgan fingerprint density at radius 2 is 1.73 bits per heavy atom. The van der Waals surface area contributed by atoms with Crippen LogP contribution in [0, 0.1) is 28.6 Å². The van der Waals surface area contributed by atoms with Crippen LogP contribution in [0.15, 0.2) is 59.8 Å². The highest BCUT2D eigenvalue weighted by Crippen LogP contribution is 2.43. The minimum absolute atomic E-state index is 0.0148. The number of hydrogen-bond donors (Lipinski definition) is 1. The van der Waals surface area contributed by atoms with Crippen LogP contribution in [0.1, 0.15) is 36.5 Å². The minimum atomic E-state index is -4.69. The SMILES string of the molecule is CC1=C(C#N)C(c2ccc(C#N)cc2)C(C(=O)N[C@@H](C)C(=O)N2CCOCC2)C(=O)N1c1cccc(C(F)(F)F)c1. The zero-order chi connectivity index (χ0) is 29.9. The molecule has 1 saturated heterocycles. The van der Waals surface area contributed by atoms with Crippen LogP contribution in [0.2, 0.25) is 0 Å². The second kappa shape index (κ2) is 11.8. The monoisotopic (exact) mass is 565 g/mol. The Labute approximate surface area is 234 Å². The van der Waals surface area contributed by atoms with Gasteiger partial charge >= 0.3 is 6.18 Å². The first-order valence-electron chi connectivity index (χ1n) is 12.8. The van der Waals surface area contributed by atoms with E-state index in [1.54, 1.807) is 0 Å². The summed E-state index contributed by atoms with van der Waals surface area (Å²) in [5.41, 5.74) is -0.431. The molecule has 0 radical (unpaired) electrons. The number of carbonyl (C=O) groups excluding carboxylic acids is 3. The number of ether oxygens (including phenoxy) is 1. The molecule has 3 atom stereocenters. The highest BCUT2D eigenvalue weighted by atomic mass is 19.4. The average molecular weight is 566 g/mol. The number of rotatable bonds is 5. The lowest BCUT2D eigenvalue weighted by atomic mass is 9.75. The van der Waals surface area contributed by atoms with Gasteiger partial charge in [-0.15, -0.1) is 0 Å². The number of amides is 3. The van der Waals surface area contributed by atoms with Crippen molar-refractivity contribution in [2.24, 2.45) is 5.92 Å². The van der Waals surface area contributed by atoms with Crippen molar-refractivity contribution in [2.45, 2.75) is 32.0 Å². The highest BCUT2D eigenvalue weighted by molar-refractivity contribution is 6.12. The van der Waals surface area contributed by atoms with Crippen molar-refractivity contribution in [3.63, 3.8) is 0 Å². The van der Waals surface area contributed by atoms with Crippen LogP contribution in [0.5, 0.6) is 0 Å². The molecular weight excluding hydrogens is 539 g/mol. The van der Waals surface area contributed by atoms with Crippen LogP contribution in [-0.4, -0.2) is 55.0 Å². The van der Waals surface area contributed by atoms with Gasteiger partial charge in [0.25, 0.3) is 0 Å². The third-order valence-electron chi connectivity index (χ3n) is 7.14. The van der Waals surface area contributed by atoms with E-state index in [4.69, 9.17) is 4.74 Å². The summed E-state index contributed by atoms with van der Waals surface area (Å²) in [7, 11) is 0. The smallest absolute Gasteiger partial charge is 0.378 e. The first-order valence-corrected chi connectivity index (χ1v) is 12.8. The van der Waals surface area contributed by atoms with Gasteiger partial charge in [-0.1, -0.05) is 18.2 Å². The number of nitriles is 2. The first kappa shape index (κ1) is 29.3. The fourth-order valence-corrected chi connectivity index (χ4v) is 5.06. The van der Waals surface area contributed by atoms with Crippen LogP contribution in [0.4, 0.5) is 18.9 Å². The number of hydrogen-bond acceptors (Lipinski definition) is 6. The molecule has 2 aliphatic heterocycles. The number of benzene rings is 2. The molecule has 212 valence electrons. The van der Waals surface area contributed by atoms with Crippen LogP contribution >= 0.6 is 0 Å². The van der Waals surface area contributed by atoms with Crippen LogP contribution in [-0.2, 0) is 25.3 Å². The third-order valence-corrected chi connectivity index (χ3v) is 7.14. The van der Waals surface area contributed by atoms with Crippen LogP contribution in [0.3, 0.4) is 0 Å². The van der Waals surface area contributed by atoms with Gasteiger partial charge in [0.15, 0.2) is 0 Å². The average Bonchev–Trinajstić information content (AvgIpc) is 2.96. The van der Waals surface area contributed by atoms with E-state index in [9.17, 15) is 38.1 Å². The molecule has 2 heterocycles. The first-order chi connectivity index (χ1) is 19.5. The molecule has 0 bridgehead atoms. The van der Waals surface area contributed by atoms with Gasteiger partial charge in [0.05, 0.1) is 42.1 Å². The predicted molar refractivity (Wildman–Crippen MR) is 140 cm³/mol. The quantitative estimate of drug-likeness (QED) is 0.554. The van der Waals surface area contributed by atoms with E-state index in [1.165, 1.54) is 49.1 Å². The number of nitrogens with one attached hydrogen (secondary N) is 1. The Hall–Kier alpha value is -4.68. The number of nitrogens with zero attached hydrogens (tertiary/aromatic N) is 4. The second-order valence-corrected chi connectivity index (χ2v) is 9.69. The molecule has 9 nitrogen and oxygen atoms in total. The molecule has 0 spiro atoms. The summed E-state index contributed by atoms with van der Waals surface area (Å²) < 4.78 is 45.7. The maximum Gasteiger partial charge on any atom is 0.416 e. The van der Waals surface area contributed by atoms with Crippen molar-refractivity contribution in [1.82, 2.24) is 10.2 Å². The lowest BCUT2D eigenvalue weighted by Gasteiger charge is -2.38. The van der Waals surface area contributed by atoms with E-state index in [-0.39, 0.29) is 22.9 Å². The summed E-state index contributed by atoms with van der Waals surface area (Å²) in [5.74, 6) is -4.83. The molecule has 0 saturated carbocycles. The summed E-state index contributed by atoms with van der Waals surface area (Å²) in [5, 5.41) is 22.0. The van der Waals surface area contributed by atoms with Crippen molar-refractivity contribution >= 4 is 23.4 Å². The van der Waals surface area contributed by atoms with Gasteiger partial charge in [-0.25, -0.2) is 0 Å². The maximum absolute atomic E-state index is 14.0. The maximum atomic E-state index is 14.0. The molecule has 41 heavy (non-hydrogen) atoms. The predicted octanol–water partition coefficient (Wildman–Crippen LogP) is 3.48. The summed E-state index contributed by atoms with van der Waals surface area (Å²) >= 11 is 0. The molecular formula is C29H26F3N5O4. The minimum Gasteiger partial charge on any atom is -0.378 e. The van der Waals surface area contributed by atoms with E-state index in [2.05, 4.69) is 5.32 Å². The Kier molecular flexibility index (Phi) is 8.45. The lowest BCUT2D eigenvalue weighted by molar-refractivity contribution is -0.142. The van der Waals surface area contributed by atoms with Gasteiger partial charge in [-0.2, -0.15) is 23.7 Å². The Bertz CT molecular complexity index is 1470. The number of morpholine rings is 1. The molecule has 4 rings (SSSR count). The van der Waals surface area contributed by atoms with Crippen molar-refractivity contribution in [2.75, 3.05) is 31.2 Å². The Balaban J connectivity index is 1.79. The molecule has 2 unspecified atom stereocenters. The molecule has 1 N–H and O–H groups in total. The Morgan fingerprint density at radius 3 is 2.32 bits per heavy atom. The third kappa shape index (κ3) is 5.93. The normalized spacial score (nSPS) is 20.2. The number of carbonyl (C=O) groups is 3. The second-order valence-electron chi connectivity index (χ2n) is 9.69. The molecule has 2 aromatic rings. The van der Waals surface area contributed by atoms with Crippen molar-refractivity contribution in [1.29, 1.82) is 10.5 Å². The van der Waals surface area contributed by atoms with Gasteiger partial charge < -0.3 is 15.0 Å². The fraction of sp³-hybridized carbons (Fsp3) is 0.345. The highest BCUT2D eigenvalue weighted by Gasteiger charge is 2.47. The number of alkyl halides is 3. The van der Waals surface area contributed by atoms with Crippen LogP contribution in [0.25, 0.3) is 0 Å². The van der Waals surface area contributed by atoms with Gasteiger partial charge in [-0.05, 0) is 49.7 Å². The summed E-state index contributed by atoms with van der Waals surface area (Å²) in [6, 6.07) is 13.0. The molecule has 2 aliphatic rings. The van der Waals surface area contributed by atoms with E-state index >= 15 is 0 Å². The molecule has 0 aliphatic carbocycles. The zero-order valence-electron chi connectivity index (χ0n) is 22.2. The Morgan fingerprint density at radius 1 is 1.07 bits per heavy atom. The van der Waals surface area contributed by atoms with E-state index in [0.717, 1.165) is 23.1 Å². The molecule has 3 amide bonds. The topological polar surface area (TPSA) is 127 Å². The van der Waals surface area contributed by atoms with E-state index in [1.807, 2.05) is 12.1 Å². The van der Waals surface area contributed by atoms with Crippen molar-refractivity contribution in [3.8, 4) is 12.1 Å². The molecule has 1 fully saturated rings. The van der Waals surface area contributed by atoms with Crippen LogP contribution < -0.4 is 10.2 Å². The van der Waals surface area contributed by atoms with Crippen molar-refractivity contribution < 1.29 is 32.3 Å². The standard InChI is InChI=1S/C29H26F3N5O4/c1-17(27(39)36-10-12-41-13-11-36)35-26(38)25-24(20-8-6-19(15-33)7-9-20)23(16-34)18(2)37(28(25)40)22-5-3-4-21(14-22)29(30,31)32/h3-9,14,17,24-25H,10-13H2,1-2H3,(H,35,38)/t17-,24?,25?/m0/s1. The van der Waals surface area contributed by atoms with E-state index < -0.39 is 41.4 Å². The lowest BCUT2D eigenvalue weighted by Crippen LogP contribution is -2.55. The molecule has 2 aromatic carbocycles. The van der Waals surface area contributed by atoms with Gasteiger partial charge in [-0.3, -0.25) is 19.3 Å². The molecule has 0 aromatic heterocycles.